The van der Waals surface area contributed by atoms with Gasteiger partial charge in [0.25, 0.3) is 0 Å². The third kappa shape index (κ3) is 3.01. The molecule has 0 saturated carbocycles. The molecule has 0 aliphatic carbocycles. The third-order valence-electron chi connectivity index (χ3n) is 4.84. The van der Waals surface area contributed by atoms with E-state index in [0.717, 1.165) is 18.5 Å². The number of carbonyl (C=O) groups excluding carboxylic acids is 1. The number of rotatable bonds is 4. The lowest BCUT2D eigenvalue weighted by Gasteiger charge is -2.43. The lowest BCUT2D eigenvalue weighted by Crippen LogP contribution is -2.53. The molecule has 2 bridgehead atoms. The van der Waals surface area contributed by atoms with Gasteiger partial charge in [-0.1, -0.05) is 6.07 Å². The van der Waals surface area contributed by atoms with Crippen LogP contribution in [0.3, 0.4) is 0 Å². The molecule has 2 fully saturated rings. The van der Waals surface area contributed by atoms with Crippen LogP contribution in [-0.2, 0) is 10.4 Å². The molecule has 3 heterocycles. The molecule has 2 aliphatic heterocycles. The predicted octanol–water partition coefficient (Wildman–Crippen LogP) is 1.42. The fourth-order valence-corrected chi connectivity index (χ4v) is 3.95. The SMILES string of the molecule is CC(C)NC(=O)CN1[C@@H]2CC[C@H]1CC(O)(c1ccccn1)C2. The van der Waals surface area contributed by atoms with Crippen molar-refractivity contribution < 1.29 is 9.90 Å². The van der Waals surface area contributed by atoms with Gasteiger partial charge in [0, 0.05) is 24.3 Å². The topological polar surface area (TPSA) is 65.5 Å². The molecule has 1 aromatic rings. The van der Waals surface area contributed by atoms with Crippen molar-refractivity contribution in [1.29, 1.82) is 0 Å². The van der Waals surface area contributed by atoms with Crippen LogP contribution in [0.4, 0.5) is 0 Å². The first kappa shape index (κ1) is 15.4. The summed E-state index contributed by atoms with van der Waals surface area (Å²) in [5.74, 6) is 0.0789. The van der Waals surface area contributed by atoms with Gasteiger partial charge in [-0.15, -0.1) is 0 Å². The smallest absolute Gasteiger partial charge is 0.234 e. The minimum atomic E-state index is -0.849. The average Bonchev–Trinajstić information content (AvgIpc) is 2.71. The van der Waals surface area contributed by atoms with Gasteiger partial charge in [0.05, 0.1) is 12.2 Å². The lowest BCUT2D eigenvalue weighted by molar-refractivity contribution is -0.126. The number of hydrogen-bond acceptors (Lipinski definition) is 4. The number of amides is 1. The number of hydrogen-bond donors (Lipinski definition) is 2. The Bertz CT molecular complexity index is 518. The molecule has 0 spiro atoms. The summed E-state index contributed by atoms with van der Waals surface area (Å²) in [4.78, 5) is 18.7. The molecule has 2 saturated heterocycles. The van der Waals surface area contributed by atoms with Crippen molar-refractivity contribution in [1.82, 2.24) is 15.2 Å². The van der Waals surface area contributed by atoms with Gasteiger partial charge < -0.3 is 10.4 Å². The Hall–Kier alpha value is -1.46. The molecular weight excluding hydrogens is 278 g/mol. The number of nitrogens with one attached hydrogen (secondary N) is 1. The monoisotopic (exact) mass is 303 g/mol. The number of pyridine rings is 1. The second-order valence-electron chi connectivity index (χ2n) is 6.93. The van der Waals surface area contributed by atoms with Crippen LogP contribution in [0, 0.1) is 0 Å². The van der Waals surface area contributed by atoms with Crippen molar-refractivity contribution in [2.24, 2.45) is 0 Å². The fourth-order valence-electron chi connectivity index (χ4n) is 3.95. The molecule has 0 radical (unpaired) electrons. The quantitative estimate of drug-likeness (QED) is 0.883. The number of aromatic nitrogens is 1. The normalized spacial score (nSPS) is 31.5. The summed E-state index contributed by atoms with van der Waals surface area (Å²) >= 11 is 0. The molecule has 1 aromatic heterocycles. The lowest BCUT2D eigenvalue weighted by atomic mass is 9.83. The van der Waals surface area contributed by atoms with E-state index < -0.39 is 5.60 Å². The minimum Gasteiger partial charge on any atom is -0.383 e. The van der Waals surface area contributed by atoms with Crippen LogP contribution in [0.5, 0.6) is 0 Å². The van der Waals surface area contributed by atoms with Crippen LogP contribution in [0.15, 0.2) is 24.4 Å². The summed E-state index contributed by atoms with van der Waals surface area (Å²) in [6.07, 6.45) is 5.16. The summed E-state index contributed by atoms with van der Waals surface area (Å²) in [7, 11) is 0. The Balaban J connectivity index is 1.70. The van der Waals surface area contributed by atoms with Crippen LogP contribution in [0.2, 0.25) is 0 Å². The van der Waals surface area contributed by atoms with Crippen molar-refractivity contribution in [3.63, 3.8) is 0 Å². The van der Waals surface area contributed by atoms with E-state index in [0.29, 0.717) is 19.4 Å². The Morgan fingerprint density at radius 1 is 1.41 bits per heavy atom. The maximum absolute atomic E-state index is 12.0. The molecule has 1 amide bonds. The standard InChI is InChI=1S/C17H25N3O2/c1-12(2)19-16(21)11-20-13-6-7-14(20)10-17(22,9-13)15-5-3-4-8-18-15/h3-5,8,12-14,22H,6-7,9-11H2,1-2H3,(H,19,21)/t13-,14+,17?. The highest BCUT2D eigenvalue weighted by atomic mass is 16.3. The van der Waals surface area contributed by atoms with E-state index >= 15 is 0 Å². The van der Waals surface area contributed by atoms with Gasteiger partial charge in [-0.3, -0.25) is 14.7 Å². The second kappa shape index (κ2) is 5.97. The van der Waals surface area contributed by atoms with Crippen molar-refractivity contribution >= 4 is 5.91 Å². The summed E-state index contributed by atoms with van der Waals surface area (Å²) < 4.78 is 0. The molecule has 2 N–H and O–H groups in total. The van der Waals surface area contributed by atoms with Gasteiger partial charge in [0.2, 0.25) is 5.91 Å². The third-order valence-corrected chi connectivity index (χ3v) is 4.84. The van der Waals surface area contributed by atoms with Crippen LogP contribution in [0.25, 0.3) is 0 Å². The Morgan fingerprint density at radius 3 is 2.64 bits per heavy atom. The van der Waals surface area contributed by atoms with Crippen LogP contribution < -0.4 is 5.32 Å². The Labute approximate surface area is 131 Å². The summed E-state index contributed by atoms with van der Waals surface area (Å²) in [6, 6.07) is 6.39. The van der Waals surface area contributed by atoms with Crippen molar-refractivity contribution in [2.75, 3.05) is 6.54 Å². The molecule has 1 unspecified atom stereocenters. The zero-order chi connectivity index (χ0) is 15.7. The van der Waals surface area contributed by atoms with Crippen molar-refractivity contribution in [2.45, 2.75) is 63.3 Å². The van der Waals surface area contributed by atoms with E-state index in [9.17, 15) is 9.90 Å². The highest BCUT2D eigenvalue weighted by Crippen LogP contribution is 2.44. The Kier molecular flexibility index (Phi) is 4.19. The first-order chi connectivity index (χ1) is 10.5. The molecule has 3 atom stereocenters. The van der Waals surface area contributed by atoms with E-state index in [1.807, 2.05) is 32.0 Å². The van der Waals surface area contributed by atoms with Crippen LogP contribution in [0.1, 0.15) is 45.2 Å². The average molecular weight is 303 g/mol. The van der Waals surface area contributed by atoms with E-state index in [1.165, 1.54) is 0 Å². The summed E-state index contributed by atoms with van der Waals surface area (Å²) in [5, 5.41) is 14.0. The maximum atomic E-state index is 12.0. The molecular formula is C17H25N3O2. The second-order valence-corrected chi connectivity index (χ2v) is 6.93. The first-order valence-electron chi connectivity index (χ1n) is 8.17. The molecule has 2 aliphatic rings. The zero-order valence-electron chi connectivity index (χ0n) is 13.3. The molecule has 5 nitrogen and oxygen atoms in total. The number of fused-ring (bicyclic) bond motifs is 2. The van der Waals surface area contributed by atoms with E-state index in [-0.39, 0.29) is 24.0 Å². The largest absolute Gasteiger partial charge is 0.383 e. The first-order valence-corrected chi connectivity index (χ1v) is 8.17. The fraction of sp³-hybridized carbons (Fsp3) is 0.647. The highest BCUT2D eigenvalue weighted by molar-refractivity contribution is 5.78. The zero-order valence-corrected chi connectivity index (χ0v) is 13.3. The summed E-state index contributed by atoms with van der Waals surface area (Å²) in [5.41, 5.74) is -0.0869. The number of piperidine rings is 1. The van der Waals surface area contributed by atoms with Crippen molar-refractivity contribution in [3.05, 3.63) is 30.1 Å². The molecule has 22 heavy (non-hydrogen) atoms. The molecule has 120 valence electrons. The number of nitrogens with zero attached hydrogens (tertiary/aromatic N) is 2. The molecule has 0 aromatic carbocycles. The highest BCUT2D eigenvalue weighted by Gasteiger charge is 2.49. The van der Waals surface area contributed by atoms with Gasteiger partial charge in [-0.2, -0.15) is 0 Å². The molecule has 5 heteroatoms. The minimum absolute atomic E-state index is 0.0789. The van der Waals surface area contributed by atoms with Gasteiger partial charge in [-0.25, -0.2) is 0 Å². The summed E-state index contributed by atoms with van der Waals surface area (Å²) in [6.45, 7) is 4.39. The number of carbonyl (C=O) groups is 1. The van der Waals surface area contributed by atoms with Gasteiger partial charge >= 0.3 is 0 Å². The Morgan fingerprint density at radius 2 is 2.09 bits per heavy atom. The van der Waals surface area contributed by atoms with Gasteiger partial charge in [0.15, 0.2) is 0 Å². The predicted molar refractivity (Wildman–Crippen MR) is 84.2 cm³/mol. The van der Waals surface area contributed by atoms with Gasteiger partial charge in [0.1, 0.15) is 5.60 Å². The number of aliphatic hydroxyl groups is 1. The van der Waals surface area contributed by atoms with Crippen LogP contribution >= 0.6 is 0 Å². The van der Waals surface area contributed by atoms with Crippen LogP contribution in [-0.4, -0.2) is 45.6 Å². The van der Waals surface area contributed by atoms with Gasteiger partial charge in [-0.05, 0) is 51.7 Å². The van der Waals surface area contributed by atoms with E-state index in [1.54, 1.807) is 6.20 Å². The van der Waals surface area contributed by atoms with E-state index in [4.69, 9.17) is 0 Å². The maximum Gasteiger partial charge on any atom is 0.234 e. The molecule has 3 rings (SSSR count). The van der Waals surface area contributed by atoms with Crippen molar-refractivity contribution in [3.8, 4) is 0 Å². The van der Waals surface area contributed by atoms with E-state index in [2.05, 4.69) is 15.2 Å².